The zero-order chi connectivity index (χ0) is 42.1. The number of anilines is 1. The number of hydrogen-bond acceptors (Lipinski definition) is 12. The fourth-order valence-electron chi connectivity index (χ4n) is 12.6. The minimum Gasteiger partial charge on any atom is -0.496 e. The Morgan fingerprint density at radius 1 is 1.03 bits per heavy atom. The van der Waals surface area contributed by atoms with Crippen molar-refractivity contribution in [2.75, 3.05) is 66.0 Å². The number of H-pyrrole nitrogens is 1. The number of methoxy groups -OCH3 is 3. The van der Waals surface area contributed by atoms with Crippen molar-refractivity contribution in [1.82, 2.24) is 14.8 Å². The number of β-amino-alcohol motifs (C(OH)–C–C–N with tert-alkyl or cyclic N) is 1. The topological polar surface area (TPSA) is 154 Å². The number of aromatic amines is 1. The number of ether oxygens (including phenoxy) is 4. The predicted molar refractivity (Wildman–Crippen MR) is 222 cm³/mol. The van der Waals surface area contributed by atoms with E-state index in [9.17, 15) is 24.6 Å². The van der Waals surface area contributed by atoms with Gasteiger partial charge in [-0.25, -0.2) is 4.79 Å². The summed E-state index contributed by atoms with van der Waals surface area (Å²) in [6, 6.07) is 11.1. The van der Waals surface area contributed by atoms with Crippen LogP contribution in [0.5, 0.6) is 5.75 Å². The first-order valence-electron chi connectivity index (χ1n) is 21.2. The van der Waals surface area contributed by atoms with Crippen LogP contribution in [0.4, 0.5) is 5.69 Å². The van der Waals surface area contributed by atoms with Gasteiger partial charge in [0.1, 0.15) is 5.75 Å². The molecule has 8 rings (SSSR count). The highest BCUT2D eigenvalue weighted by atomic mass is 16.6. The number of hydrogen-bond donors (Lipinski definition) is 3. The number of piperidine rings is 1. The molecular weight excluding hydrogens is 753 g/mol. The molecule has 1 aliphatic carbocycles. The summed E-state index contributed by atoms with van der Waals surface area (Å²) in [6.45, 7) is 8.67. The molecule has 2 aromatic carbocycles. The van der Waals surface area contributed by atoms with Crippen molar-refractivity contribution in [3.8, 4) is 5.75 Å². The van der Waals surface area contributed by atoms with Crippen LogP contribution < -0.4 is 9.64 Å². The molecule has 318 valence electrons. The van der Waals surface area contributed by atoms with Gasteiger partial charge in [-0.2, -0.15) is 0 Å². The van der Waals surface area contributed by atoms with E-state index in [1.165, 1.54) is 32.1 Å². The Bertz CT molecular complexity index is 2150. The summed E-state index contributed by atoms with van der Waals surface area (Å²) in [4.78, 5) is 51.2. The van der Waals surface area contributed by atoms with Crippen molar-refractivity contribution in [2.24, 2.45) is 11.3 Å². The van der Waals surface area contributed by atoms with Gasteiger partial charge < -0.3 is 39.0 Å². The summed E-state index contributed by atoms with van der Waals surface area (Å²) in [7, 11) is 6.08. The molecule has 9 atom stereocenters. The lowest BCUT2D eigenvalue weighted by atomic mass is 9.47. The summed E-state index contributed by atoms with van der Waals surface area (Å²) in [5, 5.41) is 26.3. The first-order valence-corrected chi connectivity index (χ1v) is 21.2. The molecule has 2 saturated heterocycles. The first kappa shape index (κ1) is 41.3. The Morgan fingerprint density at radius 3 is 2.51 bits per heavy atom. The van der Waals surface area contributed by atoms with Crippen LogP contribution in [0.2, 0.25) is 0 Å². The monoisotopic (exact) mass is 812 g/mol. The molecule has 3 N–H and O–H groups in total. The first-order chi connectivity index (χ1) is 28.2. The molecule has 13 nitrogen and oxygen atoms in total. The highest BCUT2D eigenvalue weighted by Crippen LogP contribution is 2.68. The molecule has 3 fully saturated rings. The van der Waals surface area contributed by atoms with Crippen LogP contribution in [0.15, 0.2) is 54.7 Å². The third kappa shape index (κ3) is 6.20. The highest BCUT2D eigenvalue weighted by Gasteiger charge is 2.80. The van der Waals surface area contributed by atoms with Crippen molar-refractivity contribution < 1.29 is 43.5 Å². The van der Waals surface area contributed by atoms with Crippen molar-refractivity contribution in [3.63, 3.8) is 0 Å². The predicted octanol–water partition coefficient (Wildman–Crippen LogP) is 4.48. The van der Waals surface area contributed by atoms with E-state index in [0.29, 0.717) is 69.6 Å². The van der Waals surface area contributed by atoms with E-state index in [4.69, 9.17) is 18.9 Å². The number of benzene rings is 2. The van der Waals surface area contributed by atoms with Gasteiger partial charge in [-0.3, -0.25) is 19.4 Å². The largest absolute Gasteiger partial charge is 0.496 e. The Balaban J connectivity index is 1.20. The maximum absolute atomic E-state index is 14.2. The summed E-state index contributed by atoms with van der Waals surface area (Å²) in [5.74, 6) is -2.17. The van der Waals surface area contributed by atoms with Crippen molar-refractivity contribution >= 4 is 34.5 Å². The van der Waals surface area contributed by atoms with Crippen LogP contribution in [0, 0.1) is 11.3 Å². The van der Waals surface area contributed by atoms with Crippen LogP contribution in [0.25, 0.3) is 10.9 Å². The van der Waals surface area contributed by atoms with Gasteiger partial charge in [-0.05, 0) is 74.2 Å². The van der Waals surface area contributed by atoms with Gasteiger partial charge >= 0.3 is 17.9 Å². The molecule has 1 spiro atoms. The number of nitrogens with zero attached hydrogens (tertiary/aromatic N) is 3. The summed E-state index contributed by atoms with van der Waals surface area (Å²) in [6.07, 6.45) is 8.34. The second-order valence-electron chi connectivity index (χ2n) is 17.8. The van der Waals surface area contributed by atoms with Crippen LogP contribution >= 0.6 is 0 Å². The van der Waals surface area contributed by atoms with E-state index in [0.717, 1.165) is 29.7 Å². The number of para-hydroxylation sites is 1. The Labute approximate surface area is 346 Å². The van der Waals surface area contributed by atoms with Crippen LogP contribution in [-0.4, -0.2) is 133 Å². The molecule has 13 heteroatoms. The highest BCUT2D eigenvalue weighted by molar-refractivity contribution is 5.88. The average Bonchev–Trinajstić information content (AvgIpc) is 3.91. The maximum Gasteiger partial charge on any atom is 0.344 e. The summed E-state index contributed by atoms with van der Waals surface area (Å²) < 4.78 is 23.2. The molecule has 1 aromatic heterocycles. The van der Waals surface area contributed by atoms with Gasteiger partial charge in [0.25, 0.3) is 0 Å². The third-order valence-corrected chi connectivity index (χ3v) is 14.9. The molecule has 59 heavy (non-hydrogen) atoms. The lowest BCUT2D eigenvalue weighted by Crippen LogP contribution is -2.81. The standard InChI is InChI=1S/C46H60N4O9/c1-8-43(54)24-29(26-49(27-43)19-15-30-25-47-35-14-11-10-13-31(30)35)21-33(38(52)57-6)32-22-34-36(23-37(32)56-5)48(4)40-45(34)17-20-50-18-12-16-44(9-2,39(45)50)41(59-28(3)51)46(40,55)42(53)58-7/h10-14,16,22-23,25,29,33,39-41,47,54-55H,8-9,15,17-21,24,26-27H2,1-7H3/t29-,33+,39+,40-,41-,43+,44-,45-,46+/m1/s1. The fourth-order valence-corrected chi connectivity index (χ4v) is 12.6. The lowest BCUT2D eigenvalue weighted by molar-refractivity contribution is -0.228. The number of likely N-dealkylation sites (tertiary alicyclic amines) is 1. The van der Waals surface area contributed by atoms with Gasteiger partial charge in [0.2, 0.25) is 5.60 Å². The van der Waals surface area contributed by atoms with E-state index < -0.39 is 58.0 Å². The van der Waals surface area contributed by atoms with E-state index >= 15 is 0 Å². The third-order valence-electron chi connectivity index (χ3n) is 14.9. The van der Waals surface area contributed by atoms with Crippen LogP contribution in [-0.2, 0) is 40.4 Å². The number of carbonyl (C=O) groups excluding carboxylic acids is 3. The number of carbonyl (C=O) groups is 3. The molecule has 5 aliphatic rings. The Kier molecular flexibility index (Phi) is 10.7. The van der Waals surface area contributed by atoms with E-state index in [2.05, 4.69) is 39.2 Å². The summed E-state index contributed by atoms with van der Waals surface area (Å²) >= 11 is 0. The number of aliphatic hydroxyl groups is 2. The van der Waals surface area contributed by atoms with Crippen LogP contribution in [0.3, 0.4) is 0 Å². The summed E-state index contributed by atoms with van der Waals surface area (Å²) in [5.41, 5.74) is -0.349. The molecule has 1 saturated carbocycles. The number of aromatic nitrogens is 1. The lowest BCUT2D eigenvalue weighted by Gasteiger charge is -2.63. The molecule has 0 bridgehead atoms. The average molecular weight is 813 g/mol. The minimum atomic E-state index is -2.27. The SMILES string of the molecule is CC[C@]1(O)C[C@@H](C[C@H](C(=O)OC)c2cc3c(cc2OC)N(C)[C@H]2[C@@](O)(C(=O)OC)[C@H](OC(C)=O)[C@]4(CC)C=CCN5CC[C@]32[C@@H]54)CN(CCc2c[nH]c3ccccc23)C1. The normalized spacial score (nSPS) is 32.9. The van der Waals surface area contributed by atoms with Gasteiger partial charge in [-0.15, -0.1) is 0 Å². The number of likely N-dealkylation sites (N-methyl/N-ethyl adjacent to an activating group) is 1. The quantitative estimate of drug-likeness (QED) is 0.134. The number of rotatable bonds is 12. The smallest absolute Gasteiger partial charge is 0.344 e. The molecule has 0 radical (unpaired) electrons. The molecule has 5 heterocycles. The Morgan fingerprint density at radius 2 is 1.81 bits per heavy atom. The van der Waals surface area contributed by atoms with Crippen LogP contribution in [0.1, 0.15) is 75.5 Å². The van der Waals surface area contributed by atoms with Crippen molar-refractivity contribution in [2.45, 2.75) is 100 Å². The second kappa shape index (κ2) is 15.2. The van der Waals surface area contributed by atoms with Gasteiger partial charge in [0.15, 0.2) is 6.10 Å². The van der Waals surface area contributed by atoms with E-state index in [1.54, 1.807) is 7.11 Å². The molecular formula is C46H60N4O9. The van der Waals surface area contributed by atoms with Crippen molar-refractivity contribution in [1.29, 1.82) is 0 Å². The fraction of sp³-hybridized carbons (Fsp3) is 0.587. The molecule has 3 aromatic rings. The molecule has 0 amide bonds. The van der Waals surface area contributed by atoms with Gasteiger partial charge in [0.05, 0.1) is 38.9 Å². The molecule has 4 aliphatic heterocycles. The van der Waals surface area contributed by atoms with E-state index in [-0.39, 0.29) is 12.0 Å². The minimum absolute atomic E-state index is 0.0471. The Hall–Kier alpha value is -4.43. The van der Waals surface area contributed by atoms with Crippen molar-refractivity contribution in [3.05, 3.63) is 71.4 Å². The number of fused-ring (bicyclic) bond motifs is 2. The number of nitrogens with one attached hydrogen (secondary N) is 1. The second-order valence-corrected chi connectivity index (χ2v) is 17.8. The van der Waals surface area contributed by atoms with E-state index in [1.807, 2.05) is 56.1 Å². The maximum atomic E-state index is 14.2. The molecule has 0 unspecified atom stereocenters. The zero-order valence-electron chi connectivity index (χ0n) is 35.5. The van der Waals surface area contributed by atoms with Gasteiger partial charge in [-0.1, -0.05) is 44.2 Å². The number of esters is 3. The van der Waals surface area contributed by atoms with Gasteiger partial charge in [0, 0.05) is 91.4 Å². The zero-order valence-corrected chi connectivity index (χ0v) is 35.5.